The minimum atomic E-state index is -0.260. The van der Waals surface area contributed by atoms with Gasteiger partial charge in [-0.1, -0.05) is 17.3 Å². The number of benzene rings is 2. The highest BCUT2D eigenvalue weighted by atomic mass is 19.1. The van der Waals surface area contributed by atoms with E-state index in [4.69, 9.17) is 4.52 Å². The maximum absolute atomic E-state index is 13.0. The van der Waals surface area contributed by atoms with E-state index in [1.807, 2.05) is 30.3 Å². The highest BCUT2D eigenvalue weighted by Crippen LogP contribution is 2.22. The fraction of sp³-hybridized carbons (Fsp3) is 0.0870. The molecule has 10 nitrogen and oxygen atoms in total. The number of fused-ring (bicyclic) bond motifs is 2. The average Bonchev–Trinajstić information content (AvgIpc) is 3.59. The summed E-state index contributed by atoms with van der Waals surface area (Å²) in [6.45, 7) is 0.923. The van der Waals surface area contributed by atoms with Crippen molar-refractivity contribution in [1.29, 1.82) is 0 Å². The predicted octanol–water partition coefficient (Wildman–Crippen LogP) is 3.83. The highest BCUT2D eigenvalue weighted by molar-refractivity contribution is 5.82. The lowest BCUT2D eigenvalue weighted by atomic mass is 10.2. The van der Waals surface area contributed by atoms with Gasteiger partial charge in [0.15, 0.2) is 11.5 Å². The van der Waals surface area contributed by atoms with Gasteiger partial charge in [0.05, 0.1) is 24.5 Å². The van der Waals surface area contributed by atoms with Crippen molar-refractivity contribution < 1.29 is 8.91 Å². The summed E-state index contributed by atoms with van der Waals surface area (Å²) >= 11 is 0. The number of anilines is 2. The van der Waals surface area contributed by atoms with Crippen LogP contribution >= 0.6 is 0 Å². The zero-order valence-corrected chi connectivity index (χ0v) is 17.7. The van der Waals surface area contributed by atoms with Gasteiger partial charge in [0, 0.05) is 17.6 Å². The van der Waals surface area contributed by atoms with Gasteiger partial charge in [-0.05, 0) is 48.0 Å². The van der Waals surface area contributed by atoms with Gasteiger partial charge >= 0.3 is 0 Å². The van der Waals surface area contributed by atoms with Crippen molar-refractivity contribution >= 4 is 28.1 Å². The SMILES string of the molecule is Fc1ccc(CNCc2nc(-c3cnc4ccc(Nc5ccc6[nH]ncc6c5)nn34)no2)cc1. The molecular formula is C23H18FN9O. The first-order valence-corrected chi connectivity index (χ1v) is 10.5. The Bertz CT molecular complexity index is 1590. The third-order valence-corrected chi connectivity index (χ3v) is 5.29. The van der Waals surface area contributed by atoms with Crippen LogP contribution in [0.5, 0.6) is 0 Å². The summed E-state index contributed by atoms with van der Waals surface area (Å²) < 4.78 is 20.1. The van der Waals surface area contributed by atoms with E-state index in [0.717, 1.165) is 22.2 Å². The van der Waals surface area contributed by atoms with Crippen molar-refractivity contribution in [3.05, 3.63) is 84.3 Å². The van der Waals surface area contributed by atoms with E-state index >= 15 is 0 Å². The number of halogens is 1. The van der Waals surface area contributed by atoms with Crippen LogP contribution < -0.4 is 10.6 Å². The number of rotatable bonds is 7. The van der Waals surface area contributed by atoms with Gasteiger partial charge < -0.3 is 15.2 Å². The Morgan fingerprint density at radius 3 is 2.82 bits per heavy atom. The molecule has 0 aliphatic heterocycles. The second kappa shape index (κ2) is 8.37. The van der Waals surface area contributed by atoms with Crippen LogP contribution in [0.4, 0.5) is 15.9 Å². The predicted molar refractivity (Wildman–Crippen MR) is 123 cm³/mol. The molecule has 0 aliphatic carbocycles. The molecule has 0 spiro atoms. The third-order valence-electron chi connectivity index (χ3n) is 5.29. The number of hydrogen-bond acceptors (Lipinski definition) is 8. The minimum Gasteiger partial charge on any atom is -0.339 e. The molecule has 4 aromatic heterocycles. The number of hydrogen-bond donors (Lipinski definition) is 3. The fourth-order valence-electron chi connectivity index (χ4n) is 3.61. The lowest BCUT2D eigenvalue weighted by molar-refractivity contribution is 0.367. The first-order chi connectivity index (χ1) is 16.7. The molecule has 168 valence electrons. The molecule has 0 fully saturated rings. The summed E-state index contributed by atoms with van der Waals surface area (Å²) in [5.41, 5.74) is 4.07. The minimum absolute atomic E-state index is 0.260. The van der Waals surface area contributed by atoms with E-state index in [1.165, 1.54) is 12.1 Å². The molecule has 0 saturated carbocycles. The summed E-state index contributed by atoms with van der Waals surface area (Å²) in [5, 5.41) is 23.2. The standard InChI is InChI=1S/C23H18FN9O/c24-16-3-1-14(2-4-16)10-25-13-22-29-23(32-34-22)19-12-26-21-8-7-20(31-33(19)21)28-17-5-6-18-15(9-17)11-27-30-18/h1-9,11-12,25H,10,13H2,(H,27,30)(H,28,31). The molecule has 0 bridgehead atoms. The molecule has 11 heteroatoms. The van der Waals surface area contributed by atoms with Gasteiger partial charge in [-0.3, -0.25) is 5.10 Å². The van der Waals surface area contributed by atoms with Crippen LogP contribution in [0.2, 0.25) is 0 Å². The molecule has 3 N–H and O–H groups in total. The average molecular weight is 455 g/mol. The first-order valence-electron chi connectivity index (χ1n) is 10.5. The van der Waals surface area contributed by atoms with Crippen LogP contribution in [-0.2, 0) is 13.1 Å². The zero-order chi connectivity index (χ0) is 22.9. The molecule has 34 heavy (non-hydrogen) atoms. The molecule has 0 saturated heterocycles. The first kappa shape index (κ1) is 20.0. The molecule has 0 amide bonds. The lowest BCUT2D eigenvalue weighted by Crippen LogP contribution is -2.12. The molecule has 0 aliphatic rings. The molecule has 0 atom stereocenters. The van der Waals surface area contributed by atoms with E-state index in [0.29, 0.717) is 42.0 Å². The Kier molecular flexibility index (Phi) is 4.92. The largest absolute Gasteiger partial charge is 0.339 e. The number of aromatic nitrogens is 7. The topological polar surface area (TPSA) is 122 Å². The van der Waals surface area contributed by atoms with Crippen molar-refractivity contribution in [3.63, 3.8) is 0 Å². The second-order valence-electron chi connectivity index (χ2n) is 7.67. The molecule has 4 heterocycles. The maximum atomic E-state index is 13.0. The van der Waals surface area contributed by atoms with Crippen LogP contribution in [0.25, 0.3) is 28.1 Å². The third kappa shape index (κ3) is 3.95. The zero-order valence-electron chi connectivity index (χ0n) is 17.7. The summed E-state index contributed by atoms with van der Waals surface area (Å²) in [6, 6.07) is 15.9. The summed E-state index contributed by atoms with van der Waals surface area (Å²) in [4.78, 5) is 8.85. The van der Waals surface area contributed by atoms with E-state index in [-0.39, 0.29) is 5.82 Å². The highest BCUT2D eigenvalue weighted by Gasteiger charge is 2.15. The van der Waals surface area contributed by atoms with Crippen molar-refractivity contribution in [2.45, 2.75) is 13.1 Å². The van der Waals surface area contributed by atoms with Gasteiger partial charge in [0.25, 0.3) is 0 Å². The number of H-pyrrole nitrogens is 1. The van der Waals surface area contributed by atoms with Crippen LogP contribution in [0, 0.1) is 5.82 Å². The number of nitrogens with one attached hydrogen (secondary N) is 3. The number of aromatic amines is 1. The number of nitrogens with zero attached hydrogens (tertiary/aromatic N) is 6. The van der Waals surface area contributed by atoms with E-state index in [1.54, 1.807) is 29.0 Å². The molecule has 2 aromatic carbocycles. The van der Waals surface area contributed by atoms with Gasteiger partial charge in [-0.25, -0.2) is 13.9 Å². The van der Waals surface area contributed by atoms with Gasteiger partial charge in [0.2, 0.25) is 11.7 Å². The van der Waals surface area contributed by atoms with Crippen LogP contribution in [-0.4, -0.2) is 34.9 Å². The van der Waals surface area contributed by atoms with Gasteiger partial charge in [0.1, 0.15) is 11.5 Å². The fourth-order valence-corrected chi connectivity index (χ4v) is 3.61. The van der Waals surface area contributed by atoms with Crippen molar-refractivity contribution in [2.75, 3.05) is 5.32 Å². The second-order valence-corrected chi connectivity index (χ2v) is 7.67. The summed E-state index contributed by atoms with van der Waals surface area (Å²) in [5.74, 6) is 1.19. The quantitative estimate of drug-likeness (QED) is 0.332. The van der Waals surface area contributed by atoms with Crippen LogP contribution in [0.1, 0.15) is 11.5 Å². The Hall–Kier alpha value is -4.64. The van der Waals surface area contributed by atoms with Gasteiger partial charge in [-0.15, -0.1) is 5.10 Å². The Morgan fingerprint density at radius 2 is 1.91 bits per heavy atom. The maximum Gasteiger partial charge on any atom is 0.240 e. The Balaban J connectivity index is 1.19. The van der Waals surface area contributed by atoms with Crippen molar-refractivity contribution in [1.82, 2.24) is 40.3 Å². The van der Waals surface area contributed by atoms with E-state index in [9.17, 15) is 4.39 Å². The molecule has 0 radical (unpaired) electrons. The van der Waals surface area contributed by atoms with Crippen molar-refractivity contribution in [2.24, 2.45) is 0 Å². The molecule has 6 aromatic rings. The van der Waals surface area contributed by atoms with Gasteiger partial charge in [-0.2, -0.15) is 10.1 Å². The molecule has 6 rings (SSSR count). The summed E-state index contributed by atoms with van der Waals surface area (Å²) in [7, 11) is 0. The number of imidazole rings is 1. The lowest BCUT2D eigenvalue weighted by Gasteiger charge is -2.06. The molecular weight excluding hydrogens is 437 g/mol. The summed E-state index contributed by atoms with van der Waals surface area (Å²) in [6.07, 6.45) is 3.43. The Labute approximate surface area is 191 Å². The van der Waals surface area contributed by atoms with Crippen LogP contribution in [0.3, 0.4) is 0 Å². The van der Waals surface area contributed by atoms with E-state index in [2.05, 4.69) is 41.1 Å². The monoisotopic (exact) mass is 455 g/mol. The smallest absolute Gasteiger partial charge is 0.240 e. The van der Waals surface area contributed by atoms with Crippen LogP contribution in [0.15, 0.2) is 71.5 Å². The normalized spacial score (nSPS) is 11.4. The Morgan fingerprint density at radius 1 is 1.00 bits per heavy atom. The van der Waals surface area contributed by atoms with Crippen molar-refractivity contribution in [3.8, 4) is 11.5 Å². The van der Waals surface area contributed by atoms with E-state index < -0.39 is 0 Å². The molecule has 0 unspecified atom stereocenters.